The summed E-state index contributed by atoms with van der Waals surface area (Å²) in [5, 5.41) is 5.71. The number of carbonyl (C=O) groups is 2. The predicted molar refractivity (Wildman–Crippen MR) is 159 cm³/mol. The third-order valence-corrected chi connectivity index (χ3v) is 9.83. The van der Waals surface area contributed by atoms with Crippen molar-refractivity contribution in [3.63, 3.8) is 0 Å². The van der Waals surface area contributed by atoms with Crippen LogP contribution < -0.4 is 5.32 Å². The minimum atomic E-state index is -0.589. The van der Waals surface area contributed by atoms with E-state index in [1.807, 2.05) is 34.5 Å². The van der Waals surface area contributed by atoms with Crippen LogP contribution in [0.4, 0.5) is 5.13 Å². The van der Waals surface area contributed by atoms with Gasteiger partial charge in [0.15, 0.2) is 5.13 Å². The van der Waals surface area contributed by atoms with Crippen molar-refractivity contribution in [1.29, 1.82) is 0 Å². The van der Waals surface area contributed by atoms with Crippen LogP contribution in [0.2, 0.25) is 0 Å². The Hall–Kier alpha value is -3.81. The van der Waals surface area contributed by atoms with Gasteiger partial charge >= 0.3 is 0 Å². The van der Waals surface area contributed by atoms with Gasteiger partial charge in [0, 0.05) is 54.5 Å². The van der Waals surface area contributed by atoms with Crippen LogP contribution in [0.15, 0.2) is 78.2 Å². The van der Waals surface area contributed by atoms with Gasteiger partial charge in [-0.2, -0.15) is 0 Å². The van der Waals surface area contributed by atoms with Crippen molar-refractivity contribution in [2.75, 3.05) is 38.5 Å². The Bertz CT molecular complexity index is 1570. The van der Waals surface area contributed by atoms with Crippen LogP contribution in [0, 0.1) is 5.41 Å². The van der Waals surface area contributed by atoms with E-state index in [1.54, 1.807) is 0 Å². The highest BCUT2D eigenvalue weighted by molar-refractivity contribution is 7.14. The summed E-state index contributed by atoms with van der Waals surface area (Å²) in [5.74, 6) is 0.271. The maximum absolute atomic E-state index is 14.0. The molecule has 0 spiro atoms. The van der Waals surface area contributed by atoms with Gasteiger partial charge in [-0.3, -0.25) is 9.59 Å². The van der Waals surface area contributed by atoms with Crippen LogP contribution in [0.1, 0.15) is 57.8 Å². The molecule has 0 radical (unpaired) electrons. The zero-order chi connectivity index (χ0) is 27.4. The zero-order valence-electron chi connectivity index (χ0n) is 22.8. The van der Waals surface area contributed by atoms with Gasteiger partial charge in [-0.15, -0.1) is 11.3 Å². The molecular formula is C33H32N4O2S. The van der Waals surface area contributed by atoms with Crippen LogP contribution >= 0.6 is 11.3 Å². The first-order chi connectivity index (χ1) is 19.4. The number of aromatic nitrogens is 1. The molecule has 3 aromatic carbocycles. The zero-order valence-corrected chi connectivity index (χ0v) is 23.6. The van der Waals surface area contributed by atoms with Gasteiger partial charge in [0.1, 0.15) is 0 Å². The van der Waals surface area contributed by atoms with Crippen LogP contribution in [0.5, 0.6) is 0 Å². The van der Waals surface area contributed by atoms with E-state index in [0.717, 1.165) is 43.9 Å². The van der Waals surface area contributed by atoms with Crippen molar-refractivity contribution < 1.29 is 9.59 Å². The van der Waals surface area contributed by atoms with Crippen molar-refractivity contribution in [2.45, 2.75) is 25.2 Å². The minimum Gasteiger partial charge on any atom is -0.336 e. The molecule has 2 bridgehead atoms. The predicted octanol–water partition coefficient (Wildman–Crippen LogP) is 5.82. The number of nitrogens with zero attached hydrogens (tertiary/aromatic N) is 3. The molecule has 202 valence electrons. The number of nitrogens with one attached hydrogen (secondary N) is 1. The van der Waals surface area contributed by atoms with Gasteiger partial charge in [0.25, 0.3) is 5.91 Å². The SMILES string of the molecule is CN1CCN(C(=O)c2cccc(-c3csc(NC(=O)C4(C)CC5c6ccccc6C4c4ccccc45)n3)c2)CC1. The molecule has 1 saturated heterocycles. The summed E-state index contributed by atoms with van der Waals surface area (Å²) in [6.45, 7) is 5.36. The smallest absolute Gasteiger partial charge is 0.253 e. The number of anilines is 1. The fourth-order valence-corrected chi connectivity index (χ4v) is 7.61. The van der Waals surface area contributed by atoms with E-state index in [4.69, 9.17) is 4.98 Å². The fourth-order valence-electron chi connectivity index (χ4n) is 6.90. The molecule has 7 heteroatoms. The minimum absolute atomic E-state index is 0.00148. The lowest BCUT2D eigenvalue weighted by Crippen LogP contribution is -2.47. The fraction of sp³-hybridized carbons (Fsp3) is 0.303. The highest BCUT2D eigenvalue weighted by Crippen LogP contribution is 2.61. The van der Waals surface area contributed by atoms with E-state index in [2.05, 4.69) is 72.7 Å². The van der Waals surface area contributed by atoms with E-state index >= 15 is 0 Å². The maximum Gasteiger partial charge on any atom is 0.253 e. The summed E-state index contributed by atoms with van der Waals surface area (Å²) < 4.78 is 0. The number of hydrogen-bond acceptors (Lipinski definition) is 5. The number of amides is 2. The number of fused-ring (bicyclic) bond motifs is 1. The average Bonchev–Trinajstić information content (AvgIpc) is 3.46. The van der Waals surface area contributed by atoms with E-state index in [9.17, 15) is 9.59 Å². The molecule has 1 aliphatic heterocycles. The first kappa shape index (κ1) is 25.2. The quantitative estimate of drug-likeness (QED) is 0.349. The van der Waals surface area contributed by atoms with Crippen molar-refractivity contribution in [3.8, 4) is 11.3 Å². The Morgan fingerprint density at radius 2 is 1.55 bits per heavy atom. The molecule has 8 rings (SSSR count). The van der Waals surface area contributed by atoms with Crippen LogP contribution in [0.3, 0.4) is 0 Å². The van der Waals surface area contributed by atoms with Crippen molar-refractivity contribution in [3.05, 3.63) is 106 Å². The Balaban J connectivity index is 1.13. The first-order valence-corrected chi connectivity index (χ1v) is 14.8. The van der Waals surface area contributed by atoms with Gasteiger partial charge in [0.05, 0.1) is 11.1 Å². The molecule has 2 heterocycles. The standard InChI is InChI=1S/C33H32N4O2S/c1-33(19-27-23-10-3-5-12-25(23)29(33)26-13-6-4-11-24(26)27)31(39)35-32-34-28(20-40-32)21-8-7-9-22(18-21)30(38)37-16-14-36(2)15-17-37/h3-13,18,20,27,29H,14-17,19H2,1-2H3,(H,34,35,39). The number of piperazine rings is 1. The summed E-state index contributed by atoms with van der Waals surface area (Å²) in [4.78, 5) is 36.0. The Kier molecular flexibility index (Phi) is 6.09. The number of likely N-dealkylation sites (N-methyl/N-ethyl adjacent to an activating group) is 1. The van der Waals surface area contributed by atoms with E-state index < -0.39 is 5.41 Å². The van der Waals surface area contributed by atoms with E-state index in [-0.39, 0.29) is 23.7 Å². The number of rotatable bonds is 4. The van der Waals surface area contributed by atoms with Gasteiger partial charge in [-0.1, -0.05) is 60.7 Å². The normalized spacial score (nSPS) is 23.4. The molecule has 2 amide bonds. The van der Waals surface area contributed by atoms with Gasteiger partial charge < -0.3 is 15.1 Å². The molecule has 1 fully saturated rings. The summed E-state index contributed by atoms with van der Waals surface area (Å²) in [6.07, 6.45) is 0.770. The monoisotopic (exact) mass is 548 g/mol. The van der Waals surface area contributed by atoms with Gasteiger partial charge in [-0.05, 0) is 54.8 Å². The maximum atomic E-state index is 14.0. The highest BCUT2D eigenvalue weighted by Gasteiger charge is 2.54. The summed E-state index contributed by atoms with van der Waals surface area (Å²) in [5.41, 5.74) is 6.94. The van der Waals surface area contributed by atoms with Crippen LogP contribution in [-0.4, -0.2) is 59.8 Å². The number of benzene rings is 3. The van der Waals surface area contributed by atoms with Crippen LogP contribution in [-0.2, 0) is 4.79 Å². The van der Waals surface area contributed by atoms with E-state index in [0.29, 0.717) is 10.7 Å². The third-order valence-electron chi connectivity index (χ3n) is 9.07. The van der Waals surface area contributed by atoms with Crippen molar-refractivity contribution >= 4 is 28.3 Å². The Labute approximate surface area is 238 Å². The summed E-state index contributed by atoms with van der Waals surface area (Å²) >= 11 is 1.43. The average molecular weight is 549 g/mol. The molecular weight excluding hydrogens is 516 g/mol. The summed E-state index contributed by atoms with van der Waals surface area (Å²) in [6, 6.07) is 24.8. The second-order valence-corrected chi connectivity index (χ2v) is 12.4. The van der Waals surface area contributed by atoms with Crippen molar-refractivity contribution in [1.82, 2.24) is 14.8 Å². The second-order valence-electron chi connectivity index (χ2n) is 11.5. The van der Waals surface area contributed by atoms with Gasteiger partial charge in [0.2, 0.25) is 5.91 Å². The molecule has 40 heavy (non-hydrogen) atoms. The molecule has 4 aromatic rings. The van der Waals surface area contributed by atoms with E-state index in [1.165, 1.54) is 33.6 Å². The number of thiazole rings is 1. The lowest BCUT2D eigenvalue weighted by atomic mass is 9.52. The molecule has 4 aliphatic rings. The number of hydrogen-bond donors (Lipinski definition) is 1. The van der Waals surface area contributed by atoms with Crippen LogP contribution in [0.25, 0.3) is 11.3 Å². The molecule has 1 aromatic heterocycles. The Morgan fingerprint density at radius 3 is 2.23 bits per heavy atom. The lowest BCUT2D eigenvalue weighted by Gasteiger charge is -2.50. The molecule has 3 aliphatic carbocycles. The second kappa shape index (κ2) is 9.68. The molecule has 1 N–H and O–H groups in total. The van der Waals surface area contributed by atoms with Gasteiger partial charge in [-0.25, -0.2) is 4.98 Å². The largest absolute Gasteiger partial charge is 0.336 e. The lowest BCUT2D eigenvalue weighted by molar-refractivity contribution is -0.126. The molecule has 6 nitrogen and oxygen atoms in total. The Morgan fingerprint density at radius 1 is 0.900 bits per heavy atom. The molecule has 0 saturated carbocycles. The molecule has 1 unspecified atom stereocenters. The highest BCUT2D eigenvalue weighted by atomic mass is 32.1. The molecule has 1 atom stereocenters. The first-order valence-electron chi connectivity index (χ1n) is 14.0. The van der Waals surface area contributed by atoms with Crippen molar-refractivity contribution in [2.24, 2.45) is 5.41 Å². The summed E-state index contributed by atoms with van der Waals surface area (Å²) in [7, 11) is 2.08. The third kappa shape index (κ3) is 4.07. The number of carbonyl (C=O) groups excluding carboxylic acids is 2. The topological polar surface area (TPSA) is 65.5 Å².